The maximum absolute atomic E-state index is 11.7. The fourth-order valence-electron chi connectivity index (χ4n) is 1.73. The van der Waals surface area contributed by atoms with Crippen molar-refractivity contribution in [2.24, 2.45) is 0 Å². The summed E-state index contributed by atoms with van der Waals surface area (Å²) < 4.78 is 5.39. The topological polar surface area (TPSA) is 79.4 Å². The van der Waals surface area contributed by atoms with E-state index >= 15 is 0 Å². The van der Waals surface area contributed by atoms with E-state index in [1.54, 1.807) is 0 Å². The molecule has 1 heterocycles. The zero-order valence-corrected chi connectivity index (χ0v) is 11.1. The van der Waals surface area contributed by atoms with Crippen LogP contribution in [0.4, 0.5) is 0 Å². The summed E-state index contributed by atoms with van der Waals surface area (Å²) in [7, 11) is 0. The molecule has 0 aliphatic carbocycles. The monoisotopic (exact) mass is 273 g/mol. The van der Waals surface area contributed by atoms with E-state index < -0.39 is 11.4 Å². The number of benzene rings is 1. The van der Waals surface area contributed by atoms with Crippen LogP contribution in [0.15, 0.2) is 41.3 Å². The predicted octanol–water partition coefficient (Wildman–Crippen LogP) is 2.21. The van der Waals surface area contributed by atoms with Crippen molar-refractivity contribution in [2.75, 3.05) is 0 Å². The van der Waals surface area contributed by atoms with Gasteiger partial charge in [-0.15, -0.1) is 0 Å². The van der Waals surface area contributed by atoms with Gasteiger partial charge in [0.05, 0.1) is 0 Å². The van der Waals surface area contributed by atoms with Crippen molar-refractivity contribution in [1.29, 1.82) is 0 Å². The number of aromatic nitrogens is 1. The van der Waals surface area contributed by atoms with Crippen LogP contribution >= 0.6 is 0 Å². The fourth-order valence-corrected chi connectivity index (χ4v) is 1.73. The minimum atomic E-state index is -1.18. The molecule has 0 saturated carbocycles. The summed E-state index contributed by atoms with van der Waals surface area (Å²) in [6.45, 7) is 2.34. The Balaban J connectivity index is 2.06. The minimum absolute atomic E-state index is 0.106. The summed E-state index contributed by atoms with van der Waals surface area (Å²) in [6, 6.07) is 8.92. The van der Waals surface area contributed by atoms with Gasteiger partial charge in [-0.25, -0.2) is 4.79 Å². The summed E-state index contributed by atoms with van der Waals surface area (Å²) >= 11 is 0. The van der Waals surface area contributed by atoms with Crippen molar-refractivity contribution in [3.05, 3.63) is 63.6 Å². The summed E-state index contributed by atoms with van der Waals surface area (Å²) in [4.78, 5) is 24.9. The Bertz CT molecular complexity index is 658. The zero-order chi connectivity index (χ0) is 14.5. The first kappa shape index (κ1) is 13.9. The van der Waals surface area contributed by atoms with Crippen LogP contribution in [-0.4, -0.2) is 16.1 Å². The van der Waals surface area contributed by atoms with Crippen molar-refractivity contribution >= 4 is 5.97 Å². The zero-order valence-electron chi connectivity index (χ0n) is 11.1. The first-order valence-corrected chi connectivity index (χ1v) is 6.26. The van der Waals surface area contributed by atoms with E-state index in [1.807, 2.05) is 24.3 Å². The number of hydrogen-bond acceptors (Lipinski definition) is 3. The van der Waals surface area contributed by atoms with E-state index in [4.69, 9.17) is 9.84 Å². The molecule has 1 aromatic carbocycles. The Kier molecular flexibility index (Phi) is 4.20. The number of pyridine rings is 1. The molecule has 0 radical (unpaired) electrons. The largest absolute Gasteiger partial charge is 0.483 e. The van der Waals surface area contributed by atoms with Crippen molar-refractivity contribution < 1.29 is 14.6 Å². The number of carboxylic acids is 1. The highest BCUT2D eigenvalue weighted by molar-refractivity contribution is 5.85. The molecule has 2 aromatic rings. The average molecular weight is 273 g/mol. The fraction of sp³-hybridized carbons (Fsp3) is 0.200. The van der Waals surface area contributed by atoms with E-state index in [0.29, 0.717) is 0 Å². The van der Waals surface area contributed by atoms with Gasteiger partial charge in [0.2, 0.25) is 5.43 Å². The second-order valence-corrected chi connectivity index (χ2v) is 4.34. The summed E-state index contributed by atoms with van der Waals surface area (Å²) in [5.41, 5.74) is 1.57. The molecule has 2 N–H and O–H groups in total. The molecule has 1 aromatic heterocycles. The third-order valence-corrected chi connectivity index (χ3v) is 2.93. The average Bonchev–Trinajstić information content (AvgIpc) is 2.46. The lowest BCUT2D eigenvalue weighted by Gasteiger charge is -2.06. The summed E-state index contributed by atoms with van der Waals surface area (Å²) in [5.74, 6) is -1.07. The molecule has 0 spiro atoms. The third kappa shape index (κ3) is 3.26. The number of carboxylic acid groups (broad SMARTS) is 1. The Morgan fingerprint density at radius 2 is 1.90 bits per heavy atom. The molecule has 5 nitrogen and oxygen atoms in total. The van der Waals surface area contributed by atoms with Crippen LogP contribution in [0.2, 0.25) is 0 Å². The van der Waals surface area contributed by atoms with Gasteiger partial charge in [-0.3, -0.25) is 4.79 Å². The lowest BCUT2D eigenvalue weighted by molar-refractivity contribution is 0.0690. The van der Waals surface area contributed by atoms with E-state index in [1.165, 1.54) is 11.8 Å². The van der Waals surface area contributed by atoms with E-state index in [9.17, 15) is 9.59 Å². The molecule has 0 atom stereocenters. The Morgan fingerprint density at radius 1 is 1.25 bits per heavy atom. The highest BCUT2D eigenvalue weighted by atomic mass is 16.5. The van der Waals surface area contributed by atoms with E-state index in [-0.39, 0.29) is 18.1 Å². The Morgan fingerprint density at radius 3 is 2.45 bits per heavy atom. The third-order valence-electron chi connectivity index (χ3n) is 2.93. The maximum Gasteiger partial charge on any atom is 0.352 e. The lowest BCUT2D eigenvalue weighted by atomic mass is 10.1. The first-order chi connectivity index (χ1) is 9.60. The van der Waals surface area contributed by atoms with Gasteiger partial charge in [-0.2, -0.15) is 0 Å². The van der Waals surface area contributed by atoms with Crippen LogP contribution in [-0.2, 0) is 13.0 Å². The van der Waals surface area contributed by atoms with Crippen molar-refractivity contribution in [3.63, 3.8) is 0 Å². The van der Waals surface area contributed by atoms with Crippen molar-refractivity contribution in [2.45, 2.75) is 20.0 Å². The van der Waals surface area contributed by atoms with Crippen LogP contribution < -0.4 is 10.2 Å². The Hall–Kier alpha value is -2.56. The second-order valence-electron chi connectivity index (χ2n) is 4.34. The molecule has 0 amide bonds. The molecule has 0 fully saturated rings. The number of aryl methyl sites for hydroxylation is 1. The molecular weight excluding hydrogens is 258 g/mol. The van der Waals surface area contributed by atoms with E-state index in [0.717, 1.165) is 18.1 Å². The van der Waals surface area contributed by atoms with Crippen molar-refractivity contribution in [1.82, 2.24) is 4.98 Å². The Labute approximate surface area is 115 Å². The lowest BCUT2D eigenvalue weighted by Crippen LogP contribution is -2.12. The minimum Gasteiger partial charge on any atom is -0.483 e. The molecular formula is C15H15NO4. The number of rotatable bonds is 5. The van der Waals surface area contributed by atoms with Gasteiger partial charge >= 0.3 is 5.97 Å². The van der Waals surface area contributed by atoms with Gasteiger partial charge in [0, 0.05) is 12.3 Å². The number of H-pyrrole nitrogens is 1. The van der Waals surface area contributed by atoms with Gasteiger partial charge in [0.1, 0.15) is 12.3 Å². The SMILES string of the molecule is CCc1ccc(COc2c[nH]c(C(=O)O)cc2=O)cc1. The predicted molar refractivity (Wildman–Crippen MR) is 74.2 cm³/mol. The number of hydrogen-bond donors (Lipinski definition) is 2. The smallest absolute Gasteiger partial charge is 0.352 e. The van der Waals surface area contributed by atoms with Crippen LogP contribution in [0.3, 0.4) is 0 Å². The maximum atomic E-state index is 11.7. The molecule has 5 heteroatoms. The molecule has 0 aliphatic heterocycles. The highest BCUT2D eigenvalue weighted by Crippen LogP contribution is 2.09. The van der Waals surface area contributed by atoms with Gasteiger partial charge in [-0.1, -0.05) is 31.2 Å². The van der Waals surface area contributed by atoms with Crippen LogP contribution in [0.5, 0.6) is 5.75 Å². The normalized spacial score (nSPS) is 10.2. The molecule has 0 saturated heterocycles. The van der Waals surface area contributed by atoms with Crippen LogP contribution in [0, 0.1) is 0 Å². The summed E-state index contributed by atoms with van der Waals surface area (Å²) in [6.07, 6.45) is 2.24. The van der Waals surface area contributed by atoms with Crippen LogP contribution in [0.1, 0.15) is 28.5 Å². The van der Waals surface area contributed by atoms with Gasteiger partial charge in [0.15, 0.2) is 5.75 Å². The number of nitrogens with one attached hydrogen (secondary N) is 1. The van der Waals surface area contributed by atoms with Gasteiger partial charge < -0.3 is 14.8 Å². The molecule has 0 unspecified atom stereocenters. The number of aromatic amines is 1. The van der Waals surface area contributed by atoms with Gasteiger partial charge in [-0.05, 0) is 17.5 Å². The molecule has 20 heavy (non-hydrogen) atoms. The van der Waals surface area contributed by atoms with Crippen LogP contribution in [0.25, 0.3) is 0 Å². The quantitative estimate of drug-likeness (QED) is 0.875. The molecule has 2 rings (SSSR count). The van der Waals surface area contributed by atoms with Gasteiger partial charge in [0.25, 0.3) is 0 Å². The number of ether oxygens (including phenoxy) is 1. The second kappa shape index (κ2) is 6.06. The number of carbonyl (C=O) groups is 1. The molecule has 104 valence electrons. The standard InChI is InChI=1S/C15H15NO4/c1-2-10-3-5-11(6-4-10)9-20-14-8-16-12(15(18)19)7-13(14)17/h3-8H,2,9H2,1H3,(H,16,17)(H,18,19). The van der Waals surface area contributed by atoms with Crippen molar-refractivity contribution in [3.8, 4) is 5.75 Å². The molecule has 0 bridgehead atoms. The first-order valence-electron chi connectivity index (χ1n) is 6.26. The summed E-state index contributed by atoms with van der Waals surface area (Å²) in [5, 5.41) is 8.75. The number of aromatic carboxylic acids is 1. The molecule has 0 aliphatic rings. The van der Waals surface area contributed by atoms with E-state index in [2.05, 4.69) is 11.9 Å². The highest BCUT2D eigenvalue weighted by Gasteiger charge is 2.07.